The van der Waals surface area contributed by atoms with Crippen LogP contribution < -0.4 is 0 Å². The lowest BCUT2D eigenvalue weighted by Gasteiger charge is -2.36. The number of quaternary nitrogens is 1. The van der Waals surface area contributed by atoms with Gasteiger partial charge in [0.15, 0.2) is 0 Å². The number of esters is 1. The summed E-state index contributed by atoms with van der Waals surface area (Å²) in [6.07, 6.45) is 24.3. The zero-order chi connectivity index (χ0) is 21.8. The second-order valence-electron chi connectivity index (χ2n) is 9.31. The van der Waals surface area contributed by atoms with Crippen molar-refractivity contribution in [2.24, 2.45) is 0 Å². The molecule has 0 amide bonds. The van der Waals surface area contributed by atoms with E-state index in [2.05, 4.69) is 34.5 Å². The van der Waals surface area contributed by atoms with Gasteiger partial charge in [0.25, 0.3) is 0 Å². The number of unbranched alkanes of at least 4 members (excludes halogenated alkanes) is 15. The molecule has 29 heavy (non-hydrogen) atoms. The molecule has 3 heteroatoms. The summed E-state index contributed by atoms with van der Waals surface area (Å²) in [6, 6.07) is 0. The fourth-order valence-corrected chi connectivity index (χ4v) is 4.11. The van der Waals surface area contributed by atoms with E-state index < -0.39 is 0 Å². The molecule has 0 aliphatic heterocycles. The van der Waals surface area contributed by atoms with Crippen molar-refractivity contribution in [3.63, 3.8) is 0 Å². The van der Waals surface area contributed by atoms with Gasteiger partial charge in [-0.1, -0.05) is 110 Å². The van der Waals surface area contributed by atoms with E-state index in [1.165, 1.54) is 109 Å². The topological polar surface area (TPSA) is 26.3 Å². The van der Waals surface area contributed by atoms with E-state index in [4.69, 9.17) is 4.74 Å². The lowest BCUT2D eigenvalue weighted by molar-refractivity contribution is -0.935. The molecular weight excluding hydrogens is 358 g/mol. The molecule has 0 bridgehead atoms. The van der Waals surface area contributed by atoms with Gasteiger partial charge in [-0.3, -0.25) is 4.48 Å². The normalized spacial score (nSPS) is 12.7. The SMILES string of the molecule is C=CC(=O)OC(CC)[N+](C)(C)CCCCCCCCCCCCCCCCCC. The van der Waals surface area contributed by atoms with E-state index in [0.29, 0.717) is 0 Å². The average molecular weight is 411 g/mol. The van der Waals surface area contributed by atoms with Crippen LogP contribution in [0.15, 0.2) is 12.7 Å². The highest BCUT2D eigenvalue weighted by Crippen LogP contribution is 2.17. The summed E-state index contributed by atoms with van der Waals surface area (Å²) >= 11 is 0. The lowest BCUT2D eigenvalue weighted by Crippen LogP contribution is -2.51. The number of rotatable bonds is 21. The third-order valence-corrected chi connectivity index (χ3v) is 6.14. The minimum atomic E-state index is -0.310. The summed E-state index contributed by atoms with van der Waals surface area (Å²) in [5.41, 5.74) is 0. The van der Waals surface area contributed by atoms with Gasteiger partial charge in [-0.05, 0) is 12.8 Å². The first kappa shape index (κ1) is 28.2. The minimum absolute atomic E-state index is 0.0724. The third kappa shape index (κ3) is 16.6. The molecule has 0 aromatic rings. The number of ether oxygens (including phenoxy) is 1. The summed E-state index contributed by atoms with van der Waals surface area (Å²) < 4.78 is 6.25. The molecule has 1 atom stereocenters. The highest BCUT2D eigenvalue weighted by Gasteiger charge is 2.28. The number of nitrogens with zero attached hydrogens (tertiary/aromatic N) is 1. The van der Waals surface area contributed by atoms with Crippen molar-refractivity contribution in [1.29, 1.82) is 0 Å². The van der Waals surface area contributed by atoms with Gasteiger partial charge in [0, 0.05) is 12.5 Å². The van der Waals surface area contributed by atoms with Gasteiger partial charge in [-0.25, -0.2) is 4.79 Å². The molecule has 0 radical (unpaired) electrons. The minimum Gasteiger partial charge on any atom is -0.409 e. The summed E-state index contributed by atoms with van der Waals surface area (Å²) in [5, 5.41) is 0. The first-order valence-electron chi connectivity index (χ1n) is 12.6. The highest BCUT2D eigenvalue weighted by molar-refractivity contribution is 5.81. The Labute approximate surface area is 182 Å². The second kappa shape index (κ2) is 19.2. The van der Waals surface area contributed by atoms with Gasteiger partial charge >= 0.3 is 5.97 Å². The Balaban J connectivity index is 3.50. The molecule has 0 saturated heterocycles. The fourth-order valence-electron chi connectivity index (χ4n) is 4.11. The Morgan fingerprint density at radius 1 is 0.759 bits per heavy atom. The lowest BCUT2D eigenvalue weighted by atomic mass is 10.0. The number of carbonyl (C=O) groups is 1. The van der Waals surface area contributed by atoms with Crippen molar-refractivity contribution < 1.29 is 14.0 Å². The smallest absolute Gasteiger partial charge is 0.334 e. The Morgan fingerprint density at radius 2 is 1.14 bits per heavy atom. The predicted molar refractivity (Wildman–Crippen MR) is 127 cm³/mol. The first-order valence-corrected chi connectivity index (χ1v) is 12.6. The van der Waals surface area contributed by atoms with Crippen LogP contribution in [0.5, 0.6) is 0 Å². The maximum Gasteiger partial charge on any atom is 0.334 e. The Hall–Kier alpha value is -0.830. The number of hydrogen-bond donors (Lipinski definition) is 0. The molecule has 0 aromatic heterocycles. The van der Waals surface area contributed by atoms with Gasteiger partial charge < -0.3 is 4.74 Å². The van der Waals surface area contributed by atoms with Gasteiger partial charge in [0.05, 0.1) is 20.6 Å². The molecule has 0 spiro atoms. The van der Waals surface area contributed by atoms with Crippen molar-refractivity contribution in [1.82, 2.24) is 0 Å². The largest absolute Gasteiger partial charge is 0.409 e. The van der Waals surface area contributed by atoms with E-state index in [-0.39, 0.29) is 12.2 Å². The average Bonchev–Trinajstić information content (AvgIpc) is 2.71. The first-order chi connectivity index (χ1) is 14.0. The van der Waals surface area contributed by atoms with Crippen LogP contribution in [0.4, 0.5) is 0 Å². The third-order valence-electron chi connectivity index (χ3n) is 6.14. The molecule has 0 fully saturated rings. The Kier molecular flexibility index (Phi) is 18.6. The standard InChI is InChI=1S/C26H52NO2/c1-6-9-10-11-12-13-14-15-16-17-18-19-20-21-22-23-24-27(4,5)25(7-2)29-26(28)8-3/h8,25H,3,6-7,9-24H2,1-2,4-5H3/q+1. The van der Waals surface area contributed by atoms with Crippen LogP contribution in [-0.2, 0) is 9.53 Å². The van der Waals surface area contributed by atoms with Crippen molar-refractivity contribution in [3.8, 4) is 0 Å². The quantitative estimate of drug-likeness (QED) is 0.0634. The van der Waals surface area contributed by atoms with Crippen molar-refractivity contribution >= 4 is 5.97 Å². The van der Waals surface area contributed by atoms with Crippen molar-refractivity contribution in [2.45, 2.75) is 129 Å². The summed E-state index contributed by atoms with van der Waals surface area (Å²) in [5.74, 6) is -0.310. The van der Waals surface area contributed by atoms with Crippen LogP contribution in [0.25, 0.3) is 0 Å². The molecule has 0 aliphatic rings. The molecule has 0 rings (SSSR count). The van der Waals surface area contributed by atoms with Crippen LogP contribution in [-0.4, -0.2) is 37.3 Å². The molecule has 3 nitrogen and oxygen atoms in total. The zero-order valence-electron chi connectivity index (χ0n) is 20.4. The van der Waals surface area contributed by atoms with E-state index in [1.807, 2.05) is 0 Å². The number of hydrogen-bond acceptors (Lipinski definition) is 2. The van der Waals surface area contributed by atoms with Crippen LogP contribution in [0, 0.1) is 0 Å². The summed E-state index contributed by atoms with van der Waals surface area (Å²) in [7, 11) is 4.32. The van der Waals surface area contributed by atoms with Gasteiger partial charge in [-0.2, -0.15) is 0 Å². The molecule has 0 aliphatic carbocycles. The van der Waals surface area contributed by atoms with E-state index in [9.17, 15) is 4.79 Å². The van der Waals surface area contributed by atoms with Crippen LogP contribution in [0.3, 0.4) is 0 Å². The molecule has 0 aromatic carbocycles. The Morgan fingerprint density at radius 3 is 1.48 bits per heavy atom. The molecule has 0 N–H and O–H groups in total. The van der Waals surface area contributed by atoms with Crippen LogP contribution in [0.2, 0.25) is 0 Å². The molecule has 172 valence electrons. The highest BCUT2D eigenvalue weighted by atomic mass is 16.6. The molecule has 0 saturated carbocycles. The molecular formula is C26H52NO2+. The van der Waals surface area contributed by atoms with Crippen LogP contribution in [0.1, 0.15) is 123 Å². The zero-order valence-corrected chi connectivity index (χ0v) is 20.4. The second-order valence-corrected chi connectivity index (χ2v) is 9.31. The van der Waals surface area contributed by atoms with Gasteiger partial charge in [0.2, 0.25) is 6.23 Å². The molecule has 0 heterocycles. The summed E-state index contributed by atoms with van der Waals surface area (Å²) in [4.78, 5) is 11.5. The van der Waals surface area contributed by atoms with Gasteiger partial charge in [0.1, 0.15) is 0 Å². The van der Waals surface area contributed by atoms with Gasteiger partial charge in [-0.15, -0.1) is 0 Å². The fraction of sp³-hybridized carbons (Fsp3) is 0.885. The monoisotopic (exact) mass is 410 g/mol. The maximum absolute atomic E-state index is 11.5. The van der Waals surface area contributed by atoms with E-state index >= 15 is 0 Å². The van der Waals surface area contributed by atoms with E-state index in [0.717, 1.165) is 17.4 Å². The van der Waals surface area contributed by atoms with Crippen molar-refractivity contribution in [3.05, 3.63) is 12.7 Å². The Bertz CT molecular complexity index is 392. The van der Waals surface area contributed by atoms with Crippen molar-refractivity contribution in [2.75, 3.05) is 20.6 Å². The molecule has 1 unspecified atom stereocenters. The maximum atomic E-state index is 11.5. The summed E-state index contributed by atoms with van der Waals surface area (Å²) in [6.45, 7) is 8.92. The van der Waals surface area contributed by atoms with Crippen LogP contribution >= 0.6 is 0 Å². The number of carbonyl (C=O) groups excluding carboxylic acids is 1. The predicted octanol–water partition coefficient (Wildman–Crippen LogP) is 7.79. The van der Waals surface area contributed by atoms with E-state index in [1.54, 1.807) is 0 Å².